The molecule has 3 aromatic carbocycles. The van der Waals surface area contributed by atoms with E-state index in [1.165, 1.54) is 0 Å². The van der Waals surface area contributed by atoms with Crippen molar-refractivity contribution in [2.75, 3.05) is 6.61 Å². The summed E-state index contributed by atoms with van der Waals surface area (Å²) >= 11 is 6.07. The van der Waals surface area contributed by atoms with E-state index in [-0.39, 0.29) is 18.9 Å². The number of carbonyl (C=O) groups excluding carboxylic acids is 2. The van der Waals surface area contributed by atoms with Crippen molar-refractivity contribution in [3.63, 3.8) is 0 Å². The average molecular weight is 409 g/mol. The molecule has 0 fully saturated rings. The van der Waals surface area contributed by atoms with Gasteiger partial charge >= 0.3 is 0 Å². The van der Waals surface area contributed by atoms with Crippen LogP contribution in [0.15, 0.2) is 78.9 Å². The molecule has 2 amide bonds. The number of nitrogens with one attached hydrogen (secondary N) is 2. The highest BCUT2D eigenvalue weighted by atomic mass is 35.5. The largest absolute Gasteiger partial charge is 0.483 e. The van der Waals surface area contributed by atoms with Crippen LogP contribution in [0.1, 0.15) is 12.0 Å². The highest BCUT2D eigenvalue weighted by Gasteiger charge is 2.10. The molecular formula is C23H21ClN2O3. The van der Waals surface area contributed by atoms with Gasteiger partial charge < -0.3 is 4.74 Å². The molecule has 0 saturated heterocycles. The topological polar surface area (TPSA) is 67.4 Å². The van der Waals surface area contributed by atoms with E-state index in [4.69, 9.17) is 16.3 Å². The van der Waals surface area contributed by atoms with Gasteiger partial charge in [0.1, 0.15) is 5.75 Å². The molecule has 2 N–H and O–H groups in total. The summed E-state index contributed by atoms with van der Waals surface area (Å²) in [6, 6.07) is 24.6. The Balaban J connectivity index is 1.46. The zero-order chi connectivity index (χ0) is 20.5. The van der Waals surface area contributed by atoms with Gasteiger partial charge in [0.2, 0.25) is 5.91 Å². The van der Waals surface area contributed by atoms with Gasteiger partial charge in [-0.15, -0.1) is 0 Å². The van der Waals surface area contributed by atoms with Crippen LogP contribution in [0.2, 0.25) is 5.02 Å². The van der Waals surface area contributed by atoms with Crippen molar-refractivity contribution in [3.05, 3.63) is 89.4 Å². The number of rotatable bonds is 7. The van der Waals surface area contributed by atoms with Gasteiger partial charge in [-0.2, -0.15) is 0 Å². The molecule has 0 radical (unpaired) electrons. The van der Waals surface area contributed by atoms with Gasteiger partial charge in [0.05, 0.1) is 0 Å². The third kappa shape index (κ3) is 6.09. The van der Waals surface area contributed by atoms with E-state index in [9.17, 15) is 9.59 Å². The number of para-hydroxylation sites is 1. The Kier molecular flexibility index (Phi) is 7.25. The Morgan fingerprint density at radius 1 is 0.793 bits per heavy atom. The molecule has 0 aromatic heterocycles. The molecule has 0 aliphatic rings. The third-order valence-electron chi connectivity index (χ3n) is 4.25. The summed E-state index contributed by atoms with van der Waals surface area (Å²) in [7, 11) is 0. The van der Waals surface area contributed by atoms with E-state index in [0.717, 1.165) is 16.7 Å². The second-order valence-electron chi connectivity index (χ2n) is 6.34. The number of hydrazine groups is 1. The lowest BCUT2D eigenvalue weighted by Gasteiger charge is -2.12. The summed E-state index contributed by atoms with van der Waals surface area (Å²) in [4.78, 5) is 24.0. The maximum absolute atomic E-state index is 12.0. The number of hydrogen-bond acceptors (Lipinski definition) is 3. The summed E-state index contributed by atoms with van der Waals surface area (Å²) in [5.41, 5.74) is 7.54. The highest BCUT2D eigenvalue weighted by Crippen LogP contribution is 2.29. The summed E-state index contributed by atoms with van der Waals surface area (Å²) in [5.74, 6) is -0.152. The minimum absolute atomic E-state index is 0.210. The van der Waals surface area contributed by atoms with Crippen LogP contribution in [0.3, 0.4) is 0 Å². The molecule has 5 nitrogen and oxygen atoms in total. The molecule has 0 aliphatic heterocycles. The number of amides is 2. The fourth-order valence-corrected chi connectivity index (χ4v) is 3.01. The van der Waals surface area contributed by atoms with Crippen molar-refractivity contribution in [1.29, 1.82) is 0 Å². The van der Waals surface area contributed by atoms with E-state index in [0.29, 0.717) is 17.2 Å². The summed E-state index contributed by atoms with van der Waals surface area (Å²) in [6.07, 6.45) is 0.698. The fraction of sp³-hybridized carbons (Fsp3) is 0.130. The second-order valence-corrected chi connectivity index (χ2v) is 6.75. The normalized spacial score (nSPS) is 10.2. The van der Waals surface area contributed by atoms with E-state index in [1.54, 1.807) is 12.1 Å². The Hall–Kier alpha value is -3.31. The first-order chi connectivity index (χ1) is 14.1. The van der Waals surface area contributed by atoms with E-state index < -0.39 is 5.91 Å². The van der Waals surface area contributed by atoms with Crippen LogP contribution in [-0.2, 0) is 16.0 Å². The molecule has 0 unspecified atom stereocenters. The smallest absolute Gasteiger partial charge is 0.276 e. The SMILES string of the molecule is O=C(CCc1ccccc1Cl)NNC(=O)COc1ccccc1-c1ccccc1. The van der Waals surface area contributed by atoms with Crippen molar-refractivity contribution < 1.29 is 14.3 Å². The van der Waals surface area contributed by atoms with Gasteiger partial charge in [-0.05, 0) is 29.7 Å². The number of carbonyl (C=O) groups is 2. The lowest BCUT2D eigenvalue weighted by molar-refractivity contribution is -0.130. The zero-order valence-electron chi connectivity index (χ0n) is 15.7. The Bertz CT molecular complexity index is 977. The van der Waals surface area contributed by atoms with E-state index in [1.807, 2.05) is 66.7 Å². The molecule has 0 bridgehead atoms. The van der Waals surface area contributed by atoms with Crippen molar-refractivity contribution in [3.8, 4) is 16.9 Å². The van der Waals surface area contributed by atoms with Crippen LogP contribution in [0, 0.1) is 0 Å². The van der Waals surface area contributed by atoms with E-state index >= 15 is 0 Å². The van der Waals surface area contributed by atoms with Crippen LogP contribution in [-0.4, -0.2) is 18.4 Å². The third-order valence-corrected chi connectivity index (χ3v) is 4.62. The maximum Gasteiger partial charge on any atom is 0.276 e. The molecule has 3 aromatic rings. The minimum Gasteiger partial charge on any atom is -0.483 e. The van der Waals surface area contributed by atoms with Gasteiger partial charge in [-0.1, -0.05) is 78.3 Å². The quantitative estimate of drug-likeness (QED) is 0.577. The van der Waals surface area contributed by atoms with Gasteiger partial charge in [-0.25, -0.2) is 0 Å². The van der Waals surface area contributed by atoms with Gasteiger partial charge in [0.15, 0.2) is 6.61 Å². The predicted octanol–water partition coefficient (Wildman–Crippen LogP) is 4.17. The van der Waals surface area contributed by atoms with Crippen LogP contribution >= 0.6 is 11.6 Å². The zero-order valence-corrected chi connectivity index (χ0v) is 16.5. The molecular weight excluding hydrogens is 388 g/mol. The van der Waals surface area contributed by atoms with Crippen LogP contribution in [0.5, 0.6) is 5.75 Å². The average Bonchev–Trinajstić information content (AvgIpc) is 2.76. The van der Waals surface area contributed by atoms with Crippen molar-refractivity contribution in [2.45, 2.75) is 12.8 Å². The first kappa shape index (κ1) is 20.4. The van der Waals surface area contributed by atoms with Crippen LogP contribution in [0.4, 0.5) is 0 Å². The molecule has 0 aliphatic carbocycles. The molecule has 148 valence electrons. The van der Waals surface area contributed by atoms with Gasteiger partial charge in [-0.3, -0.25) is 20.4 Å². The molecule has 0 saturated carbocycles. The molecule has 3 rings (SSSR count). The number of benzene rings is 3. The predicted molar refractivity (Wildman–Crippen MR) is 113 cm³/mol. The number of hydrogen-bond donors (Lipinski definition) is 2. The summed E-state index contributed by atoms with van der Waals surface area (Å²) in [6.45, 7) is -0.214. The number of halogens is 1. The van der Waals surface area contributed by atoms with Gasteiger partial charge in [0.25, 0.3) is 5.91 Å². The van der Waals surface area contributed by atoms with Crippen molar-refractivity contribution in [2.24, 2.45) is 0 Å². The van der Waals surface area contributed by atoms with Crippen LogP contribution < -0.4 is 15.6 Å². The Morgan fingerprint density at radius 3 is 2.24 bits per heavy atom. The number of ether oxygens (including phenoxy) is 1. The molecule has 29 heavy (non-hydrogen) atoms. The molecule has 6 heteroatoms. The number of aryl methyl sites for hydroxylation is 1. The molecule has 0 atom stereocenters. The Morgan fingerprint density at radius 2 is 1.45 bits per heavy atom. The van der Waals surface area contributed by atoms with Crippen molar-refractivity contribution >= 4 is 23.4 Å². The standard InChI is InChI=1S/C23H21ClN2O3/c24-20-12-6-4-10-18(20)14-15-22(27)25-26-23(28)16-29-21-13-7-5-11-19(21)17-8-2-1-3-9-17/h1-13H,14-16H2,(H,25,27)(H,26,28). The fourth-order valence-electron chi connectivity index (χ4n) is 2.78. The molecule has 0 heterocycles. The van der Waals surface area contributed by atoms with E-state index in [2.05, 4.69) is 10.9 Å². The Labute approximate surface area is 174 Å². The lowest BCUT2D eigenvalue weighted by atomic mass is 10.1. The van der Waals surface area contributed by atoms with Crippen LogP contribution in [0.25, 0.3) is 11.1 Å². The minimum atomic E-state index is -0.445. The first-order valence-electron chi connectivity index (χ1n) is 9.22. The molecule has 0 spiro atoms. The van der Waals surface area contributed by atoms with Crippen molar-refractivity contribution in [1.82, 2.24) is 10.9 Å². The van der Waals surface area contributed by atoms with Gasteiger partial charge in [0, 0.05) is 17.0 Å². The lowest BCUT2D eigenvalue weighted by Crippen LogP contribution is -2.43. The maximum atomic E-state index is 12.0. The highest BCUT2D eigenvalue weighted by molar-refractivity contribution is 6.31. The summed E-state index contributed by atoms with van der Waals surface area (Å²) < 4.78 is 5.65. The monoisotopic (exact) mass is 408 g/mol. The second kappa shape index (κ2) is 10.3. The first-order valence-corrected chi connectivity index (χ1v) is 9.59. The summed E-state index contributed by atoms with van der Waals surface area (Å²) in [5, 5.41) is 0.620.